The highest BCUT2D eigenvalue weighted by atomic mass is 19.4. The average Bonchev–Trinajstić information content (AvgIpc) is 2.24. The Kier molecular flexibility index (Phi) is 7.33. The lowest BCUT2D eigenvalue weighted by Crippen LogP contribution is -2.52. The van der Waals surface area contributed by atoms with Crippen LogP contribution in [0.25, 0.3) is 0 Å². The van der Waals surface area contributed by atoms with Crippen molar-refractivity contribution in [2.24, 2.45) is 5.92 Å². The molecule has 1 unspecified atom stereocenters. The largest absolute Gasteiger partial charge is 0.480 e. The predicted molar refractivity (Wildman–Crippen MR) is 64.3 cm³/mol. The van der Waals surface area contributed by atoms with Crippen molar-refractivity contribution in [3.63, 3.8) is 0 Å². The number of rotatable bonds is 7. The van der Waals surface area contributed by atoms with Crippen molar-refractivity contribution < 1.29 is 32.6 Å². The van der Waals surface area contributed by atoms with Gasteiger partial charge in [0.05, 0.1) is 12.6 Å². The Bertz CT molecular complexity index is 334. The zero-order valence-corrected chi connectivity index (χ0v) is 11.5. The van der Waals surface area contributed by atoms with Gasteiger partial charge in [-0.2, -0.15) is 13.2 Å². The normalized spacial score (nSPS) is 13.2. The molecule has 0 aromatic rings. The maximum Gasteiger partial charge on any atom is 0.406 e. The van der Waals surface area contributed by atoms with Crippen LogP contribution in [0.1, 0.15) is 13.8 Å². The van der Waals surface area contributed by atoms with E-state index in [9.17, 15) is 22.8 Å². The molecule has 6 nitrogen and oxygen atoms in total. The van der Waals surface area contributed by atoms with Crippen LogP contribution in [0.2, 0.25) is 0 Å². The fraction of sp³-hybridized carbons (Fsp3) is 0.818. The molecule has 0 aliphatic carbocycles. The first-order valence-electron chi connectivity index (χ1n) is 5.89. The van der Waals surface area contributed by atoms with E-state index in [1.165, 1.54) is 7.11 Å². The smallest absolute Gasteiger partial charge is 0.406 e. The highest BCUT2D eigenvalue weighted by Gasteiger charge is 2.34. The van der Waals surface area contributed by atoms with Crippen LogP contribution in [-0.4, -0.2) is 61.0 Å². The molecule has 0 aromatic heterocycles. The second-order valence-electron chi connectivity index (χ2n) is 4.62. The quantitative estimate of drug-likeness (QED) is 0.743. The van der Waals surface area contributed by atoms with Gasteiger partial charge in [-0.1, -0.05) is 13.8 Å². The molecule has 0 fully saturated rings. The van der Waals surface area contributed by atoms with E-state index in [0.717, 1.165) is 0 Å². The van der Waals surface area contributed by atoms with Crippen molar-refractivity contribution in [3.8, 4) is 0 Å². The number of carboxylic acids is 1. The standard InChI is InChI=1S/C11H19F3N2O4/c1-7(2)8(5-20-3)15-10(19)16(4-9(17)18)6-11(12,13)14/h7-8H,4-6H2,1-3H3,(H,15,19)(H,17,18). The summed E-state index contributed by atoms with van der Waals surface area (Å²) in [4.78, 5) is 22.5. The van der Waals surface area contributed by atoms with Crippen LogP contribution in [0.3, 0.4) is 0 Å². The molecule has 0 aliphatic rings. The molecular weight excluding hydrogens is 281 g/mol. The van der Waals surface area contributed by atoms with Crippen molar-refractivity contribution >= 4 is 12.0 Å². The number of nitrogens with one attached hydrogen (secondary N) is 1. The lowest BCUT2D eigenvalue weighted by Gasteiger charge is -2.27. The summed E-state index contributed by atoms with van der Waals surface area (Å²) in [7, 11) is 1.40. The first kappa shape index (κ1) is 18.5. The summed E-state index contributed by atoms with van der Waals surface area (Å²) in [5, 5.41) is 10.9. The summed E-state index contributed by atoms with van der Waals surface area (Å²) in [6, 6.07) is -1.59. The third-order valence-corrected chi connectivity index (χ3v) is 2.44. The molecular formula is C11H19F3N2O4. The summed E-state index contributed by atoms with van der Waals surface area (Å²) in [5.74, 6) is -1.59. The van der Waals surface area contributed by atoms with E-state index in [1.54, 1.807) is 13.8 Å². The lowest BCUT2D eigenvalue weighted by molar-refractivity contribution is -0.149. The second-order valence-corrected chi connectivity index (χ2v) is 4.62. The second kappa shape index (κ2) is 7.93. The molecule has 0 radical (unpaired) electrons. The van der Waals surface area contributed by atoms with Crippen LogP contribution in [-0.2, 0) is 9.53 Å². The third-order valence-electron chi connectivity index (χ3n) is 2.44. The number of carbonyl (C=O) groups excluding carboxylic acids is 1. The molecule has 0 spiro atoms. The molecule has 0 bridgehead atoms. The van der Waals surface area contributed by atoms with Gasteiger partial charge >= 0.3 is 18.2 Å². The number of hydrogen-bond donors (Lipinski definition) is 2. The number of hydrogen-bond acceptors (Lipinski definition) is 3. The minimum Gasteiger partial charge on any atom is -0.480 e. The zero-order chi connectivity index (χ0) is 15.9. The predicted octanol–water partition coefficient (Wildman–Crippen LogP) is 1.32. The van der Waals surface area contributed by atoms with Crippen LogP contribution in [0.4, 0.5) is 18.0 Å². The van der Waals surface area contributed by atoms with Crippen LogP contribution < -0.4 is 5.32 Å². The molecule has 0 aliphatic heterocycles. The van der Waals surface area contributed by atoms with Crippen molar-refractivity contribution in [2.45, 2.75) is 26.1 Å². The Morgan fingerprint density at radius 3 is 2.25 bits per heavy atom. The number of nitrogens with zero attached hydrogens (tertiary/aromatic N) is 1. The van der Waals surface area contributed by atoms with Crippen molar-refractivity contribution in [1.82, 2.24) is 10.2 Å². The maximum absolute atomic E-state index is 12.3. The van der Waals surface area contributed by atoms with Crippen LogP contribution in [0, 0.1) is 5.92 Å². The highest BCUT2D eigenvalue weighted by molar-refractivity contribution is 5.80. The van der Waals surface area contributed by atoms with E-state index in [1.807, 2.05) is 0 Å². The van der Waals surface area contributed by atoms with Crippen molar-refractivity contribution in [3.05, 3.63) is 0 Å². The fourth-order valence-corrected chi connectivity index (χ4v) is 1.41. The topological polar surface area (TPSA) is 78.9 Å². The van der Waals surface area contributed by atoms with Crippen LogP contribution in [0.5, 0.6) is 0 Å². The summed E-state index contributed by atoms with van der Waals surface area (Å²) in [6.07, 6.45) is -4.67. The molecule has 2 amide bonds. The summed E-state index contributed by atoms with van der Waals surface area (Å²) in [5.41, 5.74) is 0. The van der Waals surface area contributed by atoms with Gasteiger partial charge in [-0.15, -0.1) is 0 Å². The Morgan fingerprint density at radius 1 is 1.35 bits per heavy atom. The fourth-order valence-electron chi connectivity index (χ4n) is 1.41. The first-order chi connectivity index (χ1) is 9.06. The molecule has 0 saturated heterocycles. The molecule has 0 aromatic carbocycles. The summed E-state index contributed by atoms with van der Waals surface area (Å²) < 4.78 is 41.8. The van der Waals surface area contributed by atoms with Crippen molar-refractivity contribution in [1.29, 1.82) is 0 Å². The number of ether oxygens (including phenoxy) is 1. The zero-order valence-electron chi connectivity index (χ0n) is 11.5. The van der Waals surface area contributed by atoms with Gasteiger partial charge in [-0.25, -0.2) is 4.79 Å². The van der Waals surface area contributed by atoms with Gasteiger partial charge in [-0.05, 0) is 5.92 Å². The summed E-state index contributed by atoms with van der Waals surface area (Å²) in [6.45, 7) is 0.993. The monoisotopic (exact) mass is 300 g/mol. The number of amides is 2. The molecule has 118 valence electrons. The molecule has 0 saturated carbocycles. The van der Waals surface area contributed by atoms with Gasteiger partial charge in [-0.3, -0.25) is 4.79 Å². The lowest BCUT2D eigenvalue weighted by atomic mass is 10.1. The Hall–Kier alpha value is -1.51. The molecule has 0 heterocycles. The molecule has 20 heavy (non-hydrogen) atoms. The number of methoxy groups -OCH3 is 1. The van der Waals surface area contributed by atoms with E-state index in [2.05, 4.69) is 5.32 Å². The number of halogens is 3. The highest BCUT2D eigenvalue weighted by Crippen LogP contribution is 2.16. The van der Waals surface area contributed by atoms with Gasteiger partial charge in [0.2, 0.25) is 0 Å². The molecule has 0 rings (SSSR count). The van der Waals surface area contributed by atoms with Gasteiger partial charge in [0.15, 0.2) is 0 Å². The molecule has 9 heteroatoms. The van der Waals surface area contributed by atoms with E-state index in [4.69, 9.17) is 9.84 Å². The van der Waals surface area contributed by atoms with Crippen LogP contribution in [0.15, 0.2) is 0 Å². The van der Waals surface area contributed by atoms with Gasteiger partial charge in [0.1, 0.15) is 13.1 Å². The number of carbonyl (C=O) groups is 2. The molecule has 2 N–H and O–H groups in total. The number of alkyl halides is 3. The van der Waals surface area contributed by atoms with Crippen LogP contribution >= 0.6 is 0 Å². The number of urea groups is 1. The van der Waals surface area contributed by atoms with E-state index >= 15 is 0 Å². The van der Waals surface area contributed by atoms with Gasteiger partial charge in [0.25, 0.3) is 0 Å². The first-order valence-corrected chi connectivity index (χ1v) is 5.89. The Labute approximate surface area is 114 Å². The van der Waals surface area contributed by atoms with Gasteiger partial charge < -0.3 is 20.1 Å². The number of aliphatic carboxylic acids is 1. The van der Waals surface area contributed by atoms with E-state index in [-0.39, 0.29) is 17.4 Å². The summed E-state index contributed by atoms with van der Waals surface area (Å²) >= 11 is 0. The third kappa shape index (κ3) is 7.82. The van der Waals surface area contributed by atoms with Gasteiger partial charge in [0, 0.05) is 7.11 Å². The Balaban J connectivity index is 4.80. The Morgan fingerprint density at radius 2 is 1.90 bits per heavy atom. The average molecular weight is 300 g/mol. The van der Waals surface area contributed by atoms with Crippen molar-refractivity contribution in [2.75, 3.05) is 26.8 Å². The minimum absolute atomic E-state index is 0.0727. The SMILES string of the molecule is COCC(NC(=O)N(CC(=O)O)CC(F)(F)F)C(C)C. The molecule has 1 atom stereocenters. The maximum atomic E-state index is 12.3. The van der Waals surface area contributed by atoms with E-state index in [0.29, 0.717) is 0 Å². The van der Waals surface area contributed by atoms with E-state index < -0.39 is 37.3 Å². The number of carboxylic acid groups (broad SMARTS) is 1. The minimum atomic E-state index is -4.67.